The van der Waals surface area contributed by atoms with E-state index in [4.69, 9.17) is 4.74 Å². The van der Waals surface area contributed by atoms with Crippen LogP contribution < -0.4 is 0 Å². The maximum Gasteiger partial charge on any atom is 0.340 e. The summed E-state index contributed by atoms with van der Waals surface area (Å²) < 4.78 is 6.17. The molecule has 162 valence electrons. The van der Waals surface area contributed by atoms with Crippen LogP contribution >= 0.6 is 11.9 Å². The Balaban J connectivity index is 2.18. The number of nitrogens with zero attached hydrogens (tertiary/aromatic N) is 4. The lowest BCUT2D eigenvalue weighted by molar-refractivity contribution is -0.387. The standard InChI is InChI=1S/C21H22N4O5S/c1-12(2)21(4)20(27)24(31-16-9-7-6-8-15(16)25(28)29)18(23-21)17-14(19(26)30-5)10-13(3)11-22-17/h6-12H,1-5H3. The van der Waals surface area contributed by atoms with Crippen molar-refractivity contribution in [1.82, 2.24) is 9.29 Å². The number of rotatable bonds is 6. The van der Waals surface area contributed by atoms with Gasteiger partial charge in [-0.15, -0.1) is 0 Å². The maximum absolute atomic E-state index is 13.4. The number of aliphatic imine (C=N–C) groups is 1. The number of nitro groups is 1. The molecule has 0 spiro atoms. The fraction of sp³-hybridized carbons (Fsp3) is 0.333. The third kappa shape index (κ3) is 4.02. The summed E-state index contributed by atoms with van der Waals surface area (Å²) in [5.41, 5.74) is -0.177. The van der Waals surface area contributed by atoms with Crippen molar-refractivity contribution in [3.63, 3.8) is 0 Å². The number of amidine groups is 1. The van der Waals surface area contributed by atoms with Crippen LogP contribution in [-0.4, -0.2) is 44.6 Å². The Morgan fingerprint density at radius 1 is 1.32 bits per heavy atom. The minimum Gasteiger partial charge on any atom is -0.465 e. The van der Waals surface area contributed by atoms with E-state index in [1.807, 2.05) is 13.8 Å². The van der Waals surface area contributed by atoms with Gasteiger partial charge in [0.15, 0.2) is 5.84 Å². The fourth-order valence-corrected chi connectivity index (χ4v) is 4.08. The van der Waals surface area contributed by atoms with Crippen LogP contribution in [0, 0.1) is 23.0 Å². The van der Waals surface area contributed by atoms with Crippen molar-refractivity contribution in [1.29, 1.82) is 0 Å². The minimum atomic E-state index is -1.12. The zero-order valence-corrected chi connectivity index (χ0v) is 18.6. The summed E-state index contributed by atoms with van der Waals surface area (Å²) in [6.07, 6.45) is 1.56. The zero-order chi connectivity index (χ0) is 22.9. The molecule has 3 rings (SSSR count). The van der Waals surface area contributed by atoms with Gasteiger partial charge in [0.05, 0.1) is 17.6 Å². The van der Waals surface area contributed by atoms with Crippen LogP contribution in [0.2, 0.25) is 0 Å². The molecule has 0 saturated carbocycles. The predicted molar refractivity (Wildman–Crippen MR) is 116 cm³/mol. The Morgan fingerprint density at radius 3 is 2.61 bits per heavy atom. The number of esters is 1. The van der Waals surface area contributed by atoms with Gasteiger partial charge in [-0.1, -0.05) is 26.0 Å². The summed E-state index contributed by atoms with van der Waals surface area (Å²) >= 11 is 0.888. The first kappa shape index (κ1) is 22.4. The SMILES string of the molecule is COC(=O)c1cc(C)cnc1C1=NC(C)(C(C)C)C(=O)N1Sc1ccccc1[N+](=O)[O-]. The lowest BCUT2D eigenvalue weighted by Crippen LogP contribution is -2.41. The number of benzene rings is 1. The second-order valence-corrected chi connectivity index (χ2v) is 8.54. The highest BCUT2D eigenvalue weighted by Crippen LogP contribution is 2.40. The monoisotopic (exact) mass is 442 g/mol. The second kappa shape index (κ2) is 8.46. The Kier molecular flexibility index (Phi) is 6.12. The predicted octanol–water partition coefficient (Wildman–Crippen LogP) is 3.80. The van der Waals surface area contributed by atoms with E-state index < -0.39 is 16.4 Å². The Labute approximate surface area is 183 Å². The van der Waals surface area contributed by atoms with Crippen LogP contribution in [0.4, 0.5) is 5.69 Å². The summed E-state index contributed by atoms with van der Waals surface area (Å²) in [6.45, 7) is 7.21. The molecule has 1 aromatic heterocycles. The molecule has 31 heavy (non-hydrogen) atoms. The van der Waals surface area contributed by atoms with Crippen molar-refractivity contribution < 1.29 is 19.2 Å². The molecule has 1 aromatic carbocycles. The van der Waals surface area contributed by atoms with Crippen LogP contribution in [0.15, 0.2) is 46.4 Å². The Morgan fingerprint density at radius 2 is 2.00 bits per heavy atom. The Hall–Kier alpha value is -3.27. The van der Waals surface area contributed by atoms with Crippen LogP contribution in [-0.2, 0) is 9.53 Å². The lowest BCUT2D eigenvalue weighted by Gasteiger charge is -2.25. The molecule has 1 amide bonds. The van der Waals surface area contributed by atoms with Crippen molar-refractivity contribution in [3.05, 3.63) is 63.5 Å². The van der Waals surface area contributed by atoms with Gasteiger partial charge in [0.1, 0.15) is 16.1 Å². The number of ether oxygens (including phenoxy) is 1. The van der Waals surface area contributed by atoms with Crippen molar-refractivity contribution in [2.75, 3.05) is 7.11 Å². The summed E-state index contributed by atoms with van der Waals surface area (Å²) in [6, 6.07) is 7.74. The number of pyridine rings is 1. The van der Waals surface area contributed by atoms with E-state index in [9.17, 15) is 19.7 Å². The highest BCUT2D eigenvalue weighted by atomic mass is 32.2. The number of aryl methyl sites for hydroxylation is 1. The van der Waals surface area contributed by atoms with E-state index in [-0.39, 0.29) is 39.5 Å². The number of nitro benzene ring substituents is 1. The molecule has 0 fully saturated rings. The highest BCUT2D eigenvalue weighted by molar-refractivity contribution is 7.98. The molecule has 1 aliphatic rings. The van der Waals surface area contributed by atoms with Gasteiger partial charge in [-0.2, -0.15) is 0 Å². The molecule has 0 N–H and O–H groups in total. The number of aromatic nitrogens is 1. The van der Waals surface area contributed by atoms with E-state index in [1.54, 1.807) is 44.3 Å². The van der Waals surface area contributed by atoms with E-state index in [1.165, 1.54) is 17.5 Å². The molecule has 1 atom stereocenters. The molecule has 10 heteroatoms. The average Bonchev–Trinajstić information content (AvgIpc) is 2.99. The molecule has 0 saturated heterocycles. The first-order valence-corrected chi connectivity index (χ1v) is 10.3. The Bertz CT molecular complexity index is 1100. The number of hydrogen-bond donors (Lipinski definition) is 0. The number of para-hydroxylation sites is 1. The summed E-state index contributed by atoms with van der Waals surface area (Å²) in [4.78, 5) is 46.1. The van der Waals surface area contributed by atoms with Gasteiger partial charge in [0, 0.05) is 24.2 Å². The van der Waals surface area contributed by atoms with E-state index in [2.05, 4.69) is 9.98 Å². The third-order valence-corrected chi connectivity index (χ3v) is 6.23. The largest absolute Gasteiger partial charge is 0.465 e. The number of carbonyl (C=O) groups excluding carboxylic acids is 2. The van der Waals surface area contributed by atoms with Crippen molar-refractivity contribution in [3.8, 4) is 0 Å². The molecule has 2 aromatic rings. The van der Waals surface area contributed by atoms with Crippen molar-refractivity contribution >= 4 is 35.3 Å². The minimum absolute atomic E-state index is 0.136. The van der Waals surface area contributed by atoms with Gasteiger partial charge in [-0.25, -0.2) is 14.1 Å². The van der Waals surface area contributed by atoms with Crippen molar-refractivity contribution in [2.24, 2.45) is 10.9 Å². The number of methoxy groups -OCH3 is 1. The van der Waals surface area contributed by atoms with Crippen molar-refractivity contribution in [2.45, 2.75) is 38.1 Å². The molecular weight excluding hydrogens is 420 g/mol. The number of hydrogen-bond acceptors (Lipinski definition) is 8. The lowest BCUT2D eigenvalue weighted by atomic mass is 9.89. The van der Waals surface area contributed by atoms with Crippen LogP contribution in [0.5, 0.6) is 0 Å². The number of amides is 1. The molecule has 1 aliphatic heterocycles. The highest BCUT2D eigenvalue weighted by Gasteiger charge is 2.49. The topological polar surface area (TPSA) is 115 Å². The van der Waals surface area contributed by atoms with Gasteiger partial charge in [-0.05, 0) is 37.5 Å². The molecule has 0 radical (unpaired) electrons. The number of carbonyl (C=O) groups is 2. The van der Waals surface area contributed by atoms with E-state index in [0.29, 0.717) is 0 Å². The van der Waals surface area contributed by atoms with Crippen LogP contribution in [0.3, 0.4) is 0 Å². The van der Waals surface area contributed by atoms with Crippen LogP contribution in [0.1, 0.15) is 42.4 Å². The van der Waals surface area contributed by atoms with Gasteiger partial charge in [-0.3, -0.25) is 19.9 Å². The quantitative estimate of drug-likeness (QED) is 0.289. The third-order valence-electron chi connectivity index (χ3n) is 5.17. The van der Waals surface area contributed by atoms with Gasteiger partial charge in [0.25, 0.3) is 11.6 Å². The van der Waals surface area contributed by atoms with E-state index in [0.717, 1.165) is 17.5 Å². The summed E-state index contributed by atoms with van der Waals surface area (Å²) in [7, 11) is 1.26. The summed E-state index contributed by atoms with van der Waals surface area (Å²) in [5.74, 6) is -0.975. The molecule has 1 unspecified atom stereocenters. The summed E-state index contributed by atoms with van der Waals surface area (Å²) in [5, 5.41) is 11.5. The van der Waals surface area contributed by atoms with Gasteiger partial charge in [0.2, 0.25) is 0 Å². The first-order chi connectivity index (χ1) is 14.6. The normalized spacial score (nSPS) is 18.3. The molecular formula is C21H22N4O5S. The average molecular weight is 442 g/mol. The molecule has 0 bridgehead atoms. The second-order valence-electron chi connectivity index (χ2n) is 7.55. The first-order valence-electron chi connectivity index (χ1n) is 9.51. The van der Waals surface area contributed by atoms with E-state index >= 15 is 0 Å². The maximum atomic E-state index is 13.4. The van der Waals surface area contributed by atoms with Gasteiger partial charge < -0.3 is 4.74 Å². The smallest absolute Gasteiger partial charge is 0.340 e. The molecule has 0 aliphatic carbocycles. The fourth-order valence-electron chi connectivity index (χ4n) is 3.02. The van der Waals surface area contributed by atoms with Gasteiger partial charge >= 0.3 is 5.97 Å². The zero-order valence-electron chi connectivity index (χ0n) is 17.8. The molecule has 2 heterocycles. The van der Waals surface area contributed by atoms with Crippen LogP contribution in [0.25, 0.3) is 0 Å². The molecule has 9 nitrogen and oxygen atoms in total.